The second-order valence-electron chi connectivity index (χ2n) is 5.50. The van der Waals surface area contributed by atoms with Crippen LogP contribution in [0.4, 0.5) is 4.39 Å². The molecule has 118 valence electrons. The molecule has 0 aliphatic rings. The Kier molecular flexibility index (Phi) is 4.48. The van der Waals surface area contributed by atoms with E-state index < -0.39 is 0 Å². The van der Waals surface area contributed by atoms with Crippen LogP contribution in [-0.2, 0) is 6.54 Å². The molecule has 2 heterocycles. The van der Waals surface area contributed by atoms with E-state index in [-0.39, 0.29) is 11.9 Å². The largest absolute Gasteiger partial charge is 0.304 e. The average Bonchev–Trinajstić information content (AvgIpc) is 2.96. The third-order valence-electron chi connectivity index (χ3n) is 3.90. The topological polar surface area (TPSA) is 42.7 Å². The highest BCUT2D eigenvalue weighted by Gasteiger charge is 2.14. The molecule has 1 N–H and O–H groups in total. The van der Waals surface area contributed by atoms with E-state index in [0.29, 0.717) is 6.54 Å². The number of hydrogen-bond donors (Lipinski definition) is 1. The molecule has 0 saturated heterocycles. The van der Waals surface area contributed by atoms with Gasteiger partial charge in [0.25, 0.3) is 0 Å². The molecule has 1 aromatic carbocycles. The SMILES string of the molecule is Cc1c([C@H](C)NCc2ccccn2)cnn1-c1ccc(F)cc1. The average molecular weight is 310 g/mol. The summed E-state index contributed by atoms with van der Waals surface area (Å²) in [6.07, 6.45) is 3.65. The number of halogens is 1. The van der Waals surface area contributed by atoms with Crippen molar-refractivity contribution in [3.8, 4) is 5.69 Å². The van der Waals surface area contributed by atoms with Gasteiger partial charge in [-0.1, -0.05) is 6.07 Å². The van der Waals surface area contributed by atoms with Crippen molar-refractivity contribution in [3.63, 3.8) is 0 Å². The van der Waals surface area contributed by atoms with Gasteiger partial charge in [-0.3, -0.25) is 4.98 Å². The Bertz CT molecular complexity index is 765. The molecular weight excluding hydrogens is 291 g/mol. The van der Waals surface area contributed by atoms with Crippen LogP contribution in [0.15, 0.2) is 54.9 Å². The molecule has 4 nitrogen and oxygen atoms in total. The van der Waals surface area contributed by atoms with Gasteiger partial charge >= 0.3 is 0 Å². The van der Waals surface area contributed by atoms with Crippen LogP contribution in [0, 0.1) is 12.7 Å². The smallest absolute Gasteiger partial charge is 0.123 e. The first-order valence-electron chi connectivity index (χ1n) is 7.59. The molecule has 1 atom stereocenters. The quantitative estimate of drug-likeness (QED) is 0.783. The van der Waals surface area contributed by atoms with Crippen LogP contribution >= 0.6 is 0 Å². The van der Waals surface area contributed by atoms with E-state index in [1.165, 1.54) is 12.1 Å². The van der Waals surface area contributed by atoms with Gasteiger partial charge < -0.3 is 5.32 Å². The summed E-state index contributed by atoms with van der Waals surface area (Å²) >= 11 is 0. The number of aromatic nitrogens is 3. The summed E-state index contributed by atoms with van der Waals surface area (Å²) in [6.45, 7) is 4.82. The zero-order valence-electron chi connectivity index (χ0n) is 13.2. The minimum Gasteiger partial charge on any atom is -0.304 e. The molecule has 0 fully saturated rings. The molecule has 0 aliphatic carbocycles. The molecule has 0 aliphatic heterocycles. The summed E-state index contributed by atoms with van der Waals surface area (Å²) in [5.74, 6) is -0.246. The Labute approximate surface area is 135 Å². The van der Waals surface area contributed by atoms with Gasteiger partial charge in [0.1, 0.15) is 5.82 Å². The lowest BCUT2D eigenvalue weighted by Crippen LogP contribution is -2.19. The summed E-state index contributed by atoms with van der Waals surface area (Å²) in [5, 5.41) is 7.88. The lowest BCUT2D eigenvalue weighted by Gasteiger charge is -2.14. The lowest BCUT2D eigenvalue weighted by molar-refractivity contribution is 0.565. The molecule has 5 heteroatoms. The number of nitrogens with one attached hydrogen (secondary N) is 1. The Hall–Kier alpha value is -2.53. The van der Waals surface area contributed by atoms with Gasteiger partial charge in [-0.2, -0.15) is 5.10 Å². The van der Waals surface area contributed by atoms with Crippen molar-refractivity contribution >= 4 is 0 Å². The van der Waals surface area contributed by atoms with Crippen LogP contribution in [-0.4, -0.2) is 14.8 Å². The Balaban J connectivity index is 1.74. The number of benzene rings is 1. The van der Waals surface area contributed by atoms with Crippen LogP contribution in [0.1, 0.15) is 29.9 Å². The van der Waals surface area contributed by atoms with Gasteiger partial charge in [-0.05, 0) is 50.2 Å². The standard InChI is InChI=1S/C18H19FN4/c1-13(21-11-16-5-3-4-10-20-16)18-12-22-23(14(18)2)17-8-6-15(19)7-9-17/h3-10,12-13,21H,11H2,1-2H3/t13-/m0/s1. The van der Waals surface area contributed by atoms with Crippen LogP contribution in [0.25, 0.3) is 5.69 Å². The fourth-order valence-electron chi connectivity index (χ4n) is 2.56. The summed E-state index contributed by atoms with van der Waals surface area (Å²) < 4.78 is 14.9. The molecule has 0 amide bonds. The van der Waals surface area contributed by atoms with Crippen molar-refractivity contribution in [2.45, 2.75) is 26.4 Å². The van der Waals surface area contributed by atoms with E-state index in [4.69, 9.17) is 0 Å². The molecule has 23 heavy (non-hydrogen) atoms. The molecular formula is C18H19FN4. The fraction of sp³-hybridized carbons (Fsp3) is 0.222. The lowest BCUT2D eigenvalue weighted by atomic mass is 10.1. The van der Waals surface area contributed by atoms with E-state index in [1.54, 1.807) is 18.3 Å². The van der Waals surface area contributed by atoms with Gasteiger partial charge in [0.2, 0.25) is 0 Å². The van der Waals surface area contributed by atoms with Crippen LogP contribution < -0.4 is 5.32 Å². The first kappa shape index (κ1) is 15.4. The second-order valence-corrected chi connectivity index (χ2v) is 5.50. The zero-order chi connectivity index (χ0) is 16.2. The maximum absolute atomic E-state index is 13.1. The number of rotatable bonds is 5. The van der Waals surface area contributed by atoms with Crippen molar-refractivity contribution in [2.75, 3.05) is 0 Å². The number of nitrogens with zero attached hydrogens (tertiary/aromatic N) is 3. The van der Waals surface area contributed by atoms with Crippen LogP contribution in [0.3, 0.4) is 0 Å². The van der Waals surface area contributed by atoms with Gasteiger partial charge in [-0.15, -0.1) is 0 Å². The summed E-state index contributed by atoms with van der Waals surface area (Å²) in [7, 11) is 0. The number of hydrogen-bond acceptors (Lipinski definition) is 3. The Morgan fingerprint density at radius 1 is 1.17 bits per heavy atom. The predicted octanol–water partition coefficient (Wildman–Crippen LogP) is 3.57. The predicted molar refractivity (Wildman–Crippen MR) is 87.8 cm³/mol. The van der Waals surface area contributed by atoms with Crippen molar-refractivity contribution in [1.29, 1.82) is 0 Å². The minimum absolute atomic E-state index is 0.145. The zero-order valence-corrected chi connectivity index (χ0v) is 13.2. The highest BCUT2D eigenvalue weighted by molar-refractivity contribution is 5.35. The van der Waals surface area contributed by atoms with E-state index >= 15 is 0 Å². The van der Waals surface area contributed by atoms with Crippen LogP contribution in [0.2, 0.25) is 0 Å². The molecule has 0 spiro atoms. The first-order valence-corrected chi connectivity index (χ1v) is 7.59. The van der Waals surface area contributed by atoms with Gasteiger partial charge in [0.05, 0.1) is 17.6 Å². The minimum atomic E-state index is -0.246. The Morgan fingerprint density at radius 3 is 2.65 bits per heavy atom. The highest BCUT2D eigenvalue weighted by Crippen LogP contribution is 2.20. The molecule has 0 saturated carbocycles. The normalized spacial score (nSPS) is 12.3. The van der Waals surface area contributed by atoms with Crippen molar-refractivity contribution in [3.05, 3.63) is 77.6 Å². The van der Waals surface area contributed by atoms with Crippen molar-refractivity contribution < 1.29 is 4.39 Å². The molecule has 0 bridgehead atoms. The van der Waals surface area contributed by atoms with Gasteiger partial charge in [0.15, 0.2) is 0 Å². The third kappa shape index (κ3) is 3.46. The summed E-state index contributed by atoms with van der Waals surface area (Å²) in [6, 6.07) is 12.4. The first-order chi connectivity index (χ1) is 11.1. The summed E-state index contributed by atoms with van der Waals surface area (Å²) in [5.41, 5.74) is 4.01. The monoisotopic (exact) mass is 310 g/mol. The van der Waals surface area contributed by atoms with Gasteiger partial charge in [0, 0.05) is 30.0 Å². The molecule has 0 unspecified atom stereocenters. The van der Waals surface area contributed by atoms with Crippen LogP contribution in [0.5, 0.6) is 0 Å². The summed E-state index contributed by atoms with van der Waals surface area (Å²) in [4.78, 5) is 4.31. The van der Waals surface area contributed by atoms with E-state index in [1.807, 2.05) is 36.0 Å². The molecule has 0 radical (unpaired) electrons. The highest BCUT2D eigenvalue weighted by atomic mass is 19.1. The van der Waals surface area contributed by atoms with Crippen molar-refractivity contribution in [1.82, 2.24) is 20.1 Å². The maximum atomic E-state index is 13.1. The number of pyridine rings is 1. The van der Waals surface area contributed by atoms with E-state index in [0.717, 1.165) is 22.6 Å². The van der Waals surface area contributed by atoms with E-state index in [9.17, 15) is 4.39 Å². The molecule has 2 aromatic heterocycles. The van der Waals surface area contributed by atoms with Crippen molar-refractivity contribution in [2.24, 2.45) is 0 Å². The Morgan fingerprint density at radius 2 is 1.96 bits per heavy atom. The van der Waals surface area contributed by atoms with Gasteiger partial charge in [-0.25, -0.2) is 9.07 Å². The second kappa shape index (κ2) is 6.71. The molecule has 3 aromatic rings. The molecule has 3 rings (SSSR count). The fourth-order valence-corrected chi connectivity index (χ4v) is 2.56. The third-order valence-corrected chi connectivity index (χ3v) is 3.90. The maximum Gasteiger partial charge on any atom is 0.123 e. The van der Waals surface area contributed by atoms with E-state index in [2.05, 4.69) is 22.3 Å².